The van der Waals surface area contributed by atoms with Crippen molar-refractivity contribution in [3.8, 4) is 0 Å². The Bertz CT molecular complexity index is 740. The molecule has 1 aromatic heterocycles. The second-order valence-electron chi connectivity index (χ2n) is 4.52. The number of hydrogen-bond acceptors (Lipinski definition) is 5. The maximum absolute atomic E-state index is 12.5. The van der Waals surface area contributed by atoms with Gasteiger partial charge in [0.1, 0.15) is 0 Å². The van der Waals surface area contributed by atoms with Crippen LogP contribution in [0.15, 0.2) is 46.9 Å². The maximum atomic E-state index is 12.5. The van der Waals surface area contributed by atoms with E-state index in [-0.39, 0.29) is 17.9 Å². The van der Waals surface area contributed by atoms with Gasteiger partial charge in [-0.3, -0.25) is 14.2 Å². The van der Waals surface area contributed by atoms with E-state index in [9.17, 15) is 9.59 Å². The number of allylic oxidation sites excluding steroid dienone is 1. The quantitative estimate of drug-likeness (QED) is 0.340. The Kier molecular flexibility index (Phi) is 5.77. The van der Waals surface area contributed by atoms with Gasteiger partial charge in [0, 0.05) is 12.3 Å². The van der Waals surface area contributed by atoms with Gasteiger partial charge < -0.3 is 4.74 Å². The Labute approximate surface area is 133 Å². The molecule has 0 unspecified atom stereocenters. The fourth-order valence-electron chi connectivity index (χ4n) is 2.01. The number of para-hydroxylation sites is 1. The molecular formula is C16H18N2O3S. The van der Waals surface area contributed by atoms with Crippen molar-refractivity contribution in [2.45, 2.75) is 25.0 Å². The highest BCUT2D eigenvalue weighted by molar-refractivity contribution is 7.99. The van der Waals surface area contributed by atoms with Crippen LogP contribution < -0.4 is 5.56 Å². The van der Waals surface area contributed by atoms with Crippen LogP contribution in [-0.2, 0) is 16.1 Å². The molecule has 2 aromatic rings. The minimum atomic E-state index is -0.242. The molecule has 0 saturated heterocycles. The highest BCUT2D eigenvalue weighted by atomic mass is 32.2. The Hall–Kier alpha value is -2.08. The van der Waals surface area contributed by atoms with Gasteiger partial charge in [-0.05, 0) is 19.1 Å². The third-order valence-electron chi connectivity index (χ3n) is 2.98. The van der Waals surface area contributed by atoms with Crippen LogP contribution in [0.3, 0.4) is 0 Å². The maximum Gasteiger partial charge on any atom is 0.306 e. The van der Waals surface area contributed by atoms with Gasteiger partial charge in [-0.1, -0.05) is 30.0 Å². The van der Waals surface area contributed by atoms with Gasteiger partial charge in [-0.25, -0.2) is 4.98 Å². The molecule has 0 N–H and O–H groups in total. The molecule has 1 aromatic carbocycles. The summed E-state index contributed by atoms with van der Waals surface area (Å²) in [5, 5.41) is 1.17. The Morgan fingerprint density at radius 3 is 2.95 bits per heavy atom. The van der Waals surface area contributed by atoms with Gasteiger partial charge in [-0.2, -0.15) is 0 Å². The van der Waals surface area contributed by atoms with E-state index < -0.39 is 0 Å². The molecule has 1 heterocycles. The lowest BCUT2D eigenvalue weighted by molar-refractivity contribution is -0.142. The zero-order valence-electron chi connectivity index (χ0n) is 12.4. The largest absolute Gasteiger partial charge is 0.466 e. The number of esters is 1. The second-order valence-corrected chi connectivity index (χ2v) is 5.58. The average Bonchev–Trinajstić information content (AvgIpc) is 2.51. The first kappa shape index (κ1) is 16.3. The Balaban J connectivity index is 2.27. The lowest BCUT2D eigenvalue weighted by Gasteiger charge is -2.11. The molecule has 2 rings (SSSR count). The molecule has 0 bridgehead atoms. The van der Waals surface area contributed by atoms with Crippen molar-refractivity contribution in [2.24, 2.45) is 0 Å². The number of carbonyl (C=O) groups is 1. The van der Waals surface area contributed by atoms with Crippen LogP contribution in [0.25, 0.3) is 10.9 Å². The summed E-state index contributed by atoms with van der Waals surface area (Å²) in [7, 11) is 0. The zero-order valence-corrected chi connectivity index (χ0v) is 13.3. The zero-order chi connectivity index (χ0) is 15.9. The van der Waals surface area contributed by atoms with Crippen LogP contribution in [0.4, 0.5) is 0 Å². The molecule has 0 radical (unpaired) electrons. The van der Waals surface area contributed by atoms with Crippen molar-refractivity contribution in [1.29, 1.82) is 0 Å². The molecule has 0 aliphatic carbocycles. The van der Waals surface area contributed by atoms with Crippen LogP contribution in [0.2, 0.25) is 0 Å². The minimum Gasteiger partial charge on any atom is -0.466 e. The summed E-state index contributed by atoms with van der Waals surface area (Å²) in [6, 6.07) is 7.23. The van der Waals surface area contributed by atoms with Crippen LogP contribution in [0, 0.1) is 0 Å². The van der Waals surface area contributed by atoms with Crippen LogP contribution in [0.5, 0.6) is 0 Å². The number of nitrogens with zero attached hydrogens (tertiary/aromatic N) is 2. The van der Waals surface area contributed by atoms with Gasteiger partial charge in [0.05, 0.1) is 23.9 Å². The number of benzene rings is 1. The summed E-state index contributed by atoms with van der Waals surface area (Å²) in [4.78, 5) is 28.4. The summed E-state index contributed by atoms with van der Waals surface area (Å²) in [5.41, 5.74) is 0.565. The van der Waals surface area contributed by atoms with Gasteiger partial charge in [0.15, 0.2) is 5.16 Å². The van der Waals surface area contributed by atoms with E-state index in [0.29, 0.717) is 35.0 Å². The van der Waals surface area contributed by atoms with Crippen molar-refractivity contribution in [1.82, 2.24) is 9.55 Å². The monoisotopic (exact) mass is 318 g/mol. The van der Waals surface area contributed by atoms with E-state index in [0.717, 1.165) is 0 Å². The number of rotatable bonds is 7. The number of carbonyl (C=O) groups excluding carboxylic acids is 1. The third-order valence-corrected chi connectivity index (χ3v) is 3.96. The van der Waals surface area contributed by atoms with E-state index in [1.165, 1.54) is 11.8 Å². The average molecular weight is 318 g/mol. The van der Waals surface area contributed by atoms with Crippen LogP contribution in [0.1, 0.15) is 13.3 Å². The van der Waals surface area contributed by atoms with Crippen molar-refractivity contribution >= 4 is 28.6 Å². The standard InChI is InChI=1S/C16H18N2O3S/c1-3-10-18-15(20)12-7-5-6-8-13(12)17-16(18)22-11-9-14(19)21-4-2/h3,5-8H,1,4,9-11H2,2H3. The van der Waals surface area contributed by atoms with Gasteiger partial charge >= 0.3 is 5.97 Å². The second kappa shape index (κ2) is 7.79. The molecule has 6 heteroatoms. The predicted octanol–water partition coefficient (Wildman–Crippen LogP) is 2.63. The summed E-state index contributed by atoms with van der Waals surface area (Å²) >= 11 is 1.37. The molecular weight excluding hydrogens is 300 g/mol. The van der Waals surface area contributed by atoms with E-state index in [2.05, 4.69) is 11.6 Å². The van der Waals surface area contributed by atoms with Crippen molar-refractivity contribution in [3.63, 3.8) is 0 Å². The number of thioether (sulfide) groups is 1. The highest BCUT2D eigenvalue weighted by Gasteiger charge is 2.11. The molecule has 0 fully saturated rings. The topological polar surface area (TPSA) is 61.2 Å². The fraction of sp³-hybridized carbons (Fsp3) is 0.312. The molecule has 5 nitrogen and oxygen atoms in total. The number of ether oxygens (including phenoxy) is 1. The summed E-state index contributed by atoms with van der Waals surface area (Å²) in [6.45, 7) is 6.22. The predicted molar refractivity (Wildman–Crippen MR) is 88.2 cm³/mol. The smallest absolute Gasteiger partial charge is 0.306 e. The minimum absolute atomic E-state index is 0.0934. The Morgan fingerprint density at radius 1 is 1.45 bits per heavy atom. The van der Waals surface area contributed by atoms with Crippen molar-refractivity contribution < 1.29 is 9.53 Å². The first-order valence-electron chi connectivity index (χ1n) is 7.06. The number of fused-ring (bicyclic) bond motifs is 1. The molecule has 0 saturated carbocycles. The number of aromatic nitrogens is 2. The molecule has 0 amide bonds. The van der Waals surface area contributed by atoms with Crippen LogP contribution >= 0.6 is 11.8 Å². The SMILES string of the molecule is C=CCn1c(SCCC(=O)OCC)nc2ccccc2c1=O. The van der Waals surface area contributed by atoms with Crippen molar-refractivity contribution in [2.75, 3.05) is 12.4 Å². The summed E-state index contributed by atoms with van der Waals surface area (Å²) in [6.07, 6.45) is 1.95. The van der Waals surface area contributed by atoms with Crippen molar-refractivity contribution in [3.05, 3.63) is 47.3 Å². The van der Waals surface area contributed by atoms with E-state index in [1.54, 1.807) is 23.6 Å². The first-order valence-corrected chi connectivity index (χ1v) is 8.04. The molecule has 0 atom stereocenters. The summed E-state index contributed by atoms with van der Waals surface area (Å²) < 4.78 is 6.47. The molecule has 116 valence electrons. The molecule has 0 aliphatic rings. The Morgan fingerprint density at radius 2 is 2.23 bits per heavy atom. The number of hydrogen-bond donors (Lipinski definition) is 0. The summed E-state index contributed by atoms with van der Waals surface area (Å²) in [5.74, 6) is 0.272. The normalized spacial score (nSPS) is 10.6. The van der Waals surface area contributed by atoms with Gasteiger partial charge in [0.2, 0.25) is 0 Å². The van der Waals surface area contributed by atoms with E-state index >= 15 is 0 Å². The lowest BCUT2D eigenvalue weighted by atomic mass is 10.2. The lowest BCUT2D eigenvalue weighted by Crippen LogP contribution is -2.23. The molecule has 22 heavy (non-hydrogen) atoms. The first-order chi connectivity index (χ1) is 10.7. The third kappa shape index (κ3) is 3.76. The fourth-order valence-corrected chi connectivity index (χ4v) is 2.93. The van der Waals surface area contributed by atoms with E-state index in [1.807, 2.05) is 18.2 Å². The molecule has 0 aliphatic heterocycles. The van der Waals surface area contributed by atoms with Crippen LogP contribution in [-0.4, -0.2) is 27.9 Å². The highest BCUT2D eigenvalue weighted by Crippen LogP contribution is 2.18. The van der Waals surface area contributed by atoms with Gasteiger partial charge in [0.25, 0.3) is 5.56 Å². The van der Waals surface area contributed by atoms with Gasteiger partial charge in [-0.15, -0.1) is 6.58 Å². The van der Waals surface area contributed by atoms with E-state index in [4.69, 9.17) is 4.74 Å². The molecule has 0 spiro atoms.